The van der Waals surface area contributed by atoms with Crippen LogP contribution in [-0.4, -0.2) is 43.5 Å². The van der Waals surface area contributed by atoms with Crippen LogP contribution in [0.1, 0.15) is 50.5 Å². The number of sulfonamides is 1. The van der Waals surface area contributed by atoms with E-state index in [0.717, 1.165) is 18.8 Å². The van der Waals surface area contributed by atoms with Gasteiger partial charge in [-0.3, -0.25) is 4.79 Å². The Labute approximate surface area is 168 Å². The first-order valence-electron chi connectivity index (χ1n) is 10.8. The lowest BCUT2D eigenvalue weighted by Crippen LogP contribution is -2.46. The Morgan fingerprint density at radius 2 is 1.79 bits per heavy atom. The van der Waals surface area contributed by atoms with Crippen molar-refractivity contribution in [3.05, 3.63) is 35.9 Å². The highest BCUT2D eigenvalue weighted by atomic mass is 32.2. The molecule has 1 aliphatic heterocycles. The van der Waals surface area contributed by atoms with Crippen molar-refractivity contribution in [1.29, 1.82) is 0 Å². The van der Waals surface area contributed by atoms with E-state index in [0.29, 0.717) is 44.3 Å². The van der Waals surface area contributed by atoms with Gasteiger partial charge in [0.15, 0.2) is 0 Å². The van der Waals surface area contributed by atoms with Crippen LogP contribution in [0.3, 0.4) is 0 Å². The lowest BCUT2D eigenvalue weighted by Gasteiger charge is -2.32. The van der Waals surface area contributed by atoms with Crippen LogP contribution in [0.5, 0.6) is 0 Å². The van der Waals surface area contributed by atoms with Gasteiger partial charge in [0.2, 0.25) is 15.9 Å². The van der Waals surface area contributed by atoms with Gasteiger partial charge in [-0.2, -0.15) is 0 Å². The molecule has 1 aromatic rings. The van der Waals surface area contributed by atoms with Gasteiger partial charge in [0.05, 0.1) is 5.75 Å². The maximum absolute atomic E-state index is 12.6. The lowest BCUT2D eigenvalue weighted by atomic mass is 9.93. The number of rotatable bonds is 7. The number of amides is 1. The Hall–Kier alpha value is -1.40. The van der Waals surface area contributed by atoms with Gasteiger partial charge < -0.3 is 5.32 Å². The molecule has 0 radical (unpaired) electrons. The summed E-state index contributed by atoms with van der Waals surface area (Å²) in [5, 5.41) is 3.28. The van der Waals surface area contributed by atoms with Crippen molar-refractivity contribution in [3.8, 4) is 0 Å². The number of piperidine rings is 1. The highest BCUT2D eigenvalue weighted by Gasteiger charge is 2.41. The van der Waals surface area contributed by atoms with E-state index in [1.54, 1.807) is 4.31 Å². The van der Waals surface area contributed by atoms with Crippen LogP contribution in [0.15, 0.2) is 30.3 Å². The van der Waals surface area contributed by atoms with Crippen molar-refractivity contribution >= 4 is 15.9 Å². The summed E-state index contributed by atoms with van der Waals surface area (Å²) in [5.41, 5.74) is 1.17. The largest absolute Gasteiger partial charge is 0.353 e. The Morgan fingerprint density at radius 1 is 1.04 bits per heavy atom. The second kappa shape index (κ2) is 8.54. The van der Waals surface area contributed by atoms with Crippen LogP contribution in [0, 0.1) is 17.8 Å². The third-order valence-corrected chi connectivity index (χ3v) is 8.95. The number of carbonyl (C=O) groups is 1. The predicted octanol–water partition coefficient (Wildman–Crippen LogP) is 2.97. The van der Waals surface area contributed by atoms with Crippen molar-refractivity contribution in [2.75, 3.05) is 18.8 Å². The minimum atomic E-state index is -3.23. The molecule has 0 spiro atoms. The molecule has 3 fully saturated rings. The fraction of sp³-hybridized carbons (Fsp3) is 0.682. The molecule has 6 heteroatoms. The highest BCUT2D eigenvalue weighted by Crippen LogP contribution is 2.44. The summed E-state index contributed by atoms with van der Waals surface area (Å²) in [5.74, 6) is 1.80. The van der Waals surface area contributed by atoms with Crippen molar-refractivity contribution in [2.24, 2.45) is 17.8 Å². The van der Waals surface area contributed by atoms with E-state index in [9.17, 15) is 13.2 Å². The zero-order valence-corrected chi connectivity index (χ0v) is 17.4. The monoisotopic (exact) mass is 404 g/mol. The fourth-order valence-corrected chi connectivity index (χ4v) is 6.89. The summed E-state index contributed by atoms with van der Waals surface area (Å²) in [6, 6.07) is 10.4. The molecule has 28 heavy (non-hydrogen) atoms. The molecule has 3 aliphatic rings. The van der Waals surface area contributed by atoms with Gasteiger partial charge in [0.1, 0.15) is 0 Å². The molecule has 2 aliphatic carbocycles. The molecular weight excluding hydrogens is 372 g/mol. The molecule has 1 saturated heterocycles. The molecule has 1 heterocycles. The fourth-order valence-electron chi connectivity index (χ4n) is 5.35. The first-order valence-corrected chi connectivity index (χ1v) is 12.4. The Kier molecular flexibility index (Phi) is 6.07. The SMILES string of the molecule is O=C(N[C@@H]1C[C@H]2CC[C@H]1C2)C1CCN(S(=O)(=O)CCCc2ccccc2)CC1. The van der Waals surface area contributed by atoms with E-state index in [-0.39, 0.29) is 17.6 Å². The zero-order valence-electron chi connectivity index (χ0n) is 16.6. The van der Waals surface area contributed by atoms with Crippen LogP contribution in [0.2, 0.25) is 0 Å². The summed E-state index contributed by atoms with van der Waals surface area (Å²) in [7, 11) is -3.23. The van der Waals surface area contributed by atoms with Crippen LogP contribution >= 0.6 is 0 Å². The molecule has 0 aromatic heterocycles. The zero-order chi connectivity index (χ0) is 19.6. The maximum Gasteiger partial charge on any atom is 0.223 e. The number of carbonyl (C=O) groups excluding carboxylic acids is 1. The molecule has 1 N–H and O–H groups in total. The Balaban J connectivity index is 1.21. The molecular formula is C22H32N2O3S. The Bertz CT molecular complexity index is 772. The van der Waals surface area contributed by atoms with Gasteiger partial charge in [-0.25, -0.2) is 12.7 Å². The predicted molar refractivity (Wildman–Crippen MR) is 110 cm³/mol. The number of aryl methyl sites for hydroxylation is 1. The second-order valence-corrected chi connectivity index (χ2v) is 11.0. The minimum absolute atomic E-state index is 0.0325. The van der Waals surface area contributed by atoms with E-state index in [2.05, 4.69) is 5.32 Å². The van der Waals surface area contributed by atoms with E-state index < -0.39 is 10.0 Å². The maximum atomic E-state index is 12.6. The summed E-state index contributed by atoms with van der Waals surface area (Å²) in [6.07, 6.45) is 7.72. The highest BCUT2D eigenvalue weighted by molar-refractivity contribution is 7.89. The number of hydrogen-bond acceptors (Lipinski definition) is 3. The molecule has 0 unspecified atom stereocenters. The third kappa shape index (κ3) is 4.60. The smallest absolute Gasteiger partial charge is 0.223 e. The van der Waals surface area contributed by atoms with E-state index in [1.807, 2.05) is 30.3 Å². The Morgan fingerprint density at radius 3 is 2.43 bits per heavy atom. The molecule has 2 saturated carbocycles. The molecule has 1 aromatic carbocycles. The normalized spacial score (nSPS) is 28.5. The van der Waals surface area contributed by atoms with Crippen molar-refractivity contribution in [3.63, 3.8) is 0 Å². The van der Waals surface area contributed by atoms with Crippen molar-refractivity contribution in [2.45, 2.75) is 57.4 Å². The van der Waals surface area contributed by atoms with Crippen molar-refractivity contribution in [1.82, 2.24) is 9.62 Å². The first kappa shape index (κ1) is 19.9. The van der Waals surface area contributed by atoms with Gasteiger partial charge in [-0.05, 0) is 62.3 Å². The quantitative estimate of drug-likeness (QED) is 0.760. The minimum Gasteiger partial charge on any atom is -0.353 e. The van der Waals surface area contributed by atoms with E-state index in [1.165, 1.54) is 24.8 Å². The number of benzene rings is 1. The average molecular weight is 405 g/mol. The summed E-state index contributed by atoms with van der Waals surface area (Å²) >= 11 is 0. The summed E-state index contributed by atoms with van der Waals surface area (Å²) < 4.78 is 26.9. The molecule has 154 valence electrons. The first-order chi connectivity index (χ1) is 13.5. The van der Waals surface area contributed by atoms with Crippen LogP contribution < -0.4 is 5.32 Å². The molecule has 4 rings (SSSR count). The summed E-state index contributed by atoms with van der Waals surface area (Å²) in [6.45, 7) is 0.949. The number of nitrogens with one attached hydrogen (secondary N) is 1. The summed E-state index contributed by atoms with van der Waals surface area (Å²) in [4.78, 5) is 12.6. The topological polar surface area (TPSA) is 66.5 Å². The van der Waals surface area contributed by atoms with E-state index >= 15 is 0 Å². The molecule has 5 nitrogen and oxygen atoms in total. The van der Waals surface area contributed by atoms with E-state index in [4.69, 9.17) is 0 Å². The number of hydrogen-bond donors (Lipinski definition) is 1. The number of fused-ring (bicyclic) bond motifs is 2. The van der Waals surface area contributed by atoms with Crippen molar-refractivity contribution < 1.29 is 13.2 Å². The van der Waals surface area contributed by atoms with Crippen LogP contribution in [-0.2, 0) is 21.2 Å². The lowest BCUT2D eigenvalue weighted by molar-refractivity contribution is -0.127. The standard InChI is InChI=1S/C22H32N2O3S/c25-22(23-21-16-18-8-9-20(21)15-18)19-10-12-24(13-11-19)28(26,27)14-4-7-17-5-2-1-3-6-17/h1-3,5-6,18-21H,4,7-16H2,(H,23,25)/t18-,20-,21+/m0/s1. The molecule has 3 atom stereocenters. The van der Waals surface area contributed by atoms with Crippen LogP contribution in [0.4, 0.5) is 0 Å². The van der Waals surface area contributed by atoms with Crippen LogP contribution in [0.25, 0.3) is 0 Å². The third-order valence-electron chi connectivity index (χ3n) is 6.99. The average Bonchev–Trinajstić information content (AvgIpc) is 3.32. The molecule has 1 amide bonds. The van der Waals surface area contributed by atoms with Gasteiger partial charge in [0, 0.05) is 25.0 Å². The van der Waals surface area contributed by atoms with Gasteiger partial charge in [-0.1, -0.05) is 36.8 Å². The number of nitrogens with zero attached hydrogens (tertiary/aromatic N) is 1. The molecule has 2 bridgehead atoms. The van der Waals surface area contributed by atoms with Gasteiger partial charge in [-0.15, -0.1) is 0 Å². The van der Waals surface area contributed by atoms with Gasteiger partial charge in [0.25, 0.3) is 0 Å². The van der Waals surface area contributed by atoms with Gasteiger partial charge >= 0.3 is 0 Å². The second-order valence-electron chi connectivity index (χ2n) is 8.87.